The number of aryl methyl sites for hydroxylation is 1. The van der Waals surface area contributed by atoms with Gasteiger partial charge in [-0.15, -0.1) is 0 Å². The number of halogens is 1. The fourth-order valence-corrected chi connectivity index (χ4v) is 3.78. The van der Waals surface area contributed by atoms with Gasteiger partial charge in [0.2, 0.25) is 0 Å². The van der Waals surface area contributed by atoms with Gasteiger partial charge in [0.15, 0.2) is 9.84 Å². The number of sulfone groups is 1. The average molecular weight is 412 g/mol. The molecule has 24 heavy (non-hydrogen) atoms. The van der Waals surface area contributed by atoms with E-state index in [1.807, 2.05) is 43.1 Å². The minimum Gasteiger partial charge on any atom is -0.492 e. The van der Waals surface area contributed by atoms with Gasteiger partial charge >= 0.3 is 0 Å². The van der Waals surface area contributed by atoms with E-state index in [9.17, 15) is 8.42 Å². The first-order valence-corrected chi connectivity index (χ1v) is 10.2. The molecule has 0 bridgehead atoms. The molecule has 0 saturated heterocycles. The summed E-state index contributed by atoms with van der Waals surface area (Å²) in [5, 5.41) is 0. The molecule has 0 atom stereocenters. The van der Waals surface area contributed by atoms with Crippen LogP contribution in [0.25, 0.3) is 0 Å². The van der Waals surface area contributed by atoms with Crippen LogP contribution in [0.4, 0.5) is 0 Å². The summed E-state index contributed by atoms with van der Waals surface area (Å²) in [6, 6.07) is 14.6. The summed E-state index contributed by atoms with van der Waals surface area (Å²) in [4.78, 5) is 2.32. The fourth-order valence-electron chi connectivity index (χ4n) is 2.18. The van der Waals surface area contributed by atoms with E-state index < -0.39 is 9.84 Å². The van der Waals surface area contributed by atoms with Crippen LogP contribution in [0, 0.1) is 6.92 Å². The average Bonchev–Trinajstić information content (AvgIpc) is 2.55. The molecule has 130 valence electrons. The van der Waals surface area contributed by atoms with Crippen molar-refractivity contribution in [2.45, 2.75) is 11.8 Å². The number of benzene rings is 2. The summed E-state index contributed by atoms with van der Waals surface area (Å²) in [5.74, 6) is 0.962. The lowest BCUT2D eigenvalue weighted by molar-refractivity contribution is 0.243. The number of hydrogen-bond acceptors (Lipinski definition) is 4. The van der Waals surface area contributed by atoms with Crippen LogP contribution in [-0.4, -0.2) is 45.8 Å². The first kappa shape index (κ1) is 19.0. The molecule has 2 rings (SSSR count). The van der Waals surface area contributed by atoms with E-state index in [4.69, 9.17) is 4.74 Å². The minimum absolute atomic E-state index is 0.0928. The molecule has 0 amide bonds. The molecule has 4 nitrogen and oxygen atoms in total. The summed E-state index contributed by atoms with van der Waals surface area (Å²) in [5.41, 5.74) is 1.10. The third-order valence-electron chi connectivity index (χ3n) is 3.74. The largest absolute Gasteiger partial charge is 0.492 e. The zero-order valence-electron chi connectivity index (χ0n) is 13.9. The number of likely N-dealkylation sites (N-methyl/N-ethyl adjacent to an activating group) is 1. The third kappa shape index (κ3) is 5.61. The van der Waals surface area contributed by atoms with Crippen molar-refractivity contribution < 1.29 is 13.2 Å². The Bertz CT molecular complexity index is 760. The van der Waals surface area contributed by atoms with Crippen LogP contribution in [0.15, 0.2) is 57.9 Å². The zero-order valence-corrected chi connectivity index (χ0v) is 16.3. The summed E-state index contributed by atoms with van der Waals surface area (Å²) in [6.45, 7) is 3.67. The quantitative estimate of drug-likeness (QED) is 0.666. The molecule has 2 aromatic rings. The van der Waals surface area contributed by atoms with Gasteiger partial charge in [0.25, 0.3) is 0 Å². The number of ether oxygens (including phenoxy) is 1. The lowest BCUT2D eigenvalue weighted by Gasteiger charge is -2.17. The topological polar surface area (TPSA) is 46.6 Å². The molecule has 0 unspecified atom stereocenters. The highest BCUT2D eigenvalue weighted by molar-refractivity contribution is 9.10. The highest BCUT2D eigenvalue weighted by Gasteiger charge is 2.15. The van der Waals surface area contributed by atoms with Crippen molar-refractivity contribution in [1.29, 1.82) is 0 Å². The summed E-state index contributed by atoms with van der Waals surface area (Å²) < 4.78 is 31.2. The second-order valence-electron chi connectivity index (χ2n) is 5.69. The van der Waals surface area contributed by atoms with Gasteiger partial charge < -0.3 is 9.64 Å². The highest BCUT2D eigenvalue weighted by atomic mass is 79.9. The van der Waals surface area contributed by atoms with Gasteiger partial charge in [-0.2, -0.15) is 0 Å². The van der Waals surface area contributed by atoms with Crippen LogP contribution < -0.4 is 4.74 Å². The molecule has 0 aliphatic carbocycles. The Balaban J connectivity index is 1.79. The molecule has 2 aromatic carbocycles. The van der Waals surface area contributed by atoms with E-state index in [1.54, 1.807) is 24.3 Å². The maximum atomic E-state index is 12.3. The lowest BCUT2D eigenvalue weighted by atomic mass is 10.2. The van der Waals surface area contributed by atoms with Crippen LogP contribution in [0.1, 0.15) is 5.56 Å². The van der Waals surface area contributed by atoms with Crippen molar-refractivity contribution in [3.63, 3.8) is 0 Å². The first-order valence-electron chi connectivity index (χ1n) is 7.74. The van der Waals surface area contributed by atoms with Crippen molar-refractivity contribution in [1.82, 2.24) is 4.90 Å². The van der Waals surface area contributed by atoms with Crippen molar-refractivity contribution in [2.75, 3.05) is 32.5 Å². The molecular weight excluding hydrogens is 390 g/mol. The second kappa shape index (κ2) is 8.65. The van der Waals surface area contributed by atoms with Crippen LogP contribution in [-0.2, 0) is 9.84 Å². The van der Waals surface area contributed by atoms with Gasteiger partial charge in [-0.05, 0) is 49.9 Å². The van der Waals surface area contributed by atoms with Gasteiger partial charge in [-0.25, -0.2) is 8.42 Å². The van der Waals surface area contributed by atoms with Gasteiger partial charge in [0, 0.05) is 17.6 Å². The van der Waals surface area contributed by atoms with E-state index >= 15 is 0 Å². The first-order chi connectivity index (χ1) is 11.4. The monoisotopic (exact) mass is 411 g/mol. The van der Waals surface area contributed by atoms with Gasteiger partial charge in [-0.3, -0.25) is 0 Å². The highest BCUT2D eigenvalue weighted by Crippen LogP contribution is 2.17. The van der Waals surface area contributed by atoms with Gasteiger partial charge in [0.05, 0.1) is 10.6 Å². The molecule has 0 heterocycles. The maximum Gasteiger partial charge on any atom is 0.179 e. The molecule has 0 radical (unpaired) electrons. The van der Waals surface area contributed by atoms with Crippen LogP contribution in [0.2, 0.25) is 0 Å². The Morgan fingerprint density at radius 3 is 2.38 bits per heavy atom. The predicted octanol–water partition coefficient (Wildman–Crippen LogP) is 3.54. The number of para-hydroxylation sites is 1. The van der Waals surface area contributed by atoms with Crippen LogP contribution >= 0.6 is 15.9 Å². The molecule has 0 aromatic heterocycles. The number of rotatable bonds is 8. The third-order valence-corrected chi connectivity index (χ3v) is 5.98. The standard InChI is InChI=1S/C18H22BrNO3S/c1-15-5-3-4-6-18(15)23-13-11-20(2)12-14-24(21,22)17-9-7-16(19)8-10-17/h3-10H,11-14H2,1-2H3. The van der Waals surface area contributed by atoms with Crippen molar-refractivity contribution in [3.8, 4) is 5.75 Å². The smallest absolute Gasteiger partial charge is 0.179 e. The van der Waals surface area contributed by atoms with E-state index in [-0.39, 0.29) is 5.75 Å². The van der Waals surface area contributed by atoms with Crippen molar-refractivity contribution in [2.24, 2.45) is 0 Å². The van der Waals surface area contributed by atoms with Gasteiger partial charge in [0.1, 0.15) is 12.4 Å². The Morgan fingerprint density at radius 2 is 1.71 bits per heavy atom. The maximum absolute atomic E-state index is 12.3. The van der Waals surface area contributed by atoms with Gasteiger partial charge in [-0.1, -0.05) is 34.1 Å². The van der Waals surface area contributed by atoms with E-state index in [0.717, 1.165) is 15.8 Å². The lowest BCUT2D eigenvalue weighted by Crippen LogP contribution is -2.29. The Morgan fingerprint density at radius 1 is 1.04 bits per heavy atom. The molecule has 6 heteroatoms. The molecule has 0 fully saturated rings. The normalized spacial score (nSPS) is 11.7. The van der Waals surface area contributed by atoms with E-state index in [1.165, 1.54) is 0 Å². The predicted molar refractivity (Wildman–Crippen MR) is 100 cm³/mol. The van der Waals surface area contributed by atoms with Crippen LogP contribution in [0.3, 0.4) is 0 Å². The second-order valence-corrected chi connectivity index (χ2v) is 8.71. The Labute approximate surface area is 152 Å². The summed E-state index contributed by atoms with van der Waals surface area (Å²) in [6.07, 6.45) is 0. The van der Waals surface area contributed by atoms with Crippen molar-refractivity contribution >= 4 is 25.8 Å². The van der Waals surface area contributed by atoms with Crippen LogP contribution in [0.5, 0.6) is 5.75 Å². The Kier molecular flexibility index (Phi) is 6.83. The summed E-state index contributed by atoms with van der Waals surface area (Å²) in [7, 11) is -1.36. The molecular formula is C18H22BrNO3S. The zero-order chi connectivity index (χ0) is 17.6. The number of hydrogen-bond donors (Lipinski definition) is 0. The molecule has 0 spiro atoms. The van der Waals surface area contributed by atoms with E-state index in [0.29, 0.717) is 24.6 Å². The molecule has 0 saturated carbocycles. The van der Waals surface area contributed by atoms with Crippen molar-refractivity contribution in [3.05, 3.63) is 58.6 Å². The minimum atomic E-state index is -3.26. The van der Waals surface area contributed by atoms with E-state index in [2.05, 4.69) is 15.9 Å². The Hall–Kier alpha value is -1.37. The summed E-state index contributed by atoms with van der Waals surface area (Å²) >= 11 is 3.31. The molecule has 0 aliphatic heterocycles. The molecule has 0 N–H and O–H groups in total. The number of nitrogens with zero attached hydrogens (tertiary/aromatic N) is 1. The fraction of sp³-hybridized carbons (Fsp3) is 0.333. The SMILES string of the molecule is Cc1ccccc1OCCN(C)CCS(=O)(=O)c1ccc(Br)cc1. The molecule has 0 aliphatic rings.